The summed E-state index contributed by atoms with van der Waals surface area (Å²) in [6.45, 7) is 3.57. The van der Waals surface area contributed by atoms with Crippen LogP contribution in [0.2, 0.25) is 0 Å². The Labute approximate surface area is 152 Å². The van der Waals surface area contributed by atoms with Crippen LogP contribution in [0.15, 0.2) is 40.9 Å². The van der Waals surface area contributed by atoms with Gasteiger partial charge in [-0.3, -0.25) is 0 Å². The summed E-state index contributed by atoms with van der Waals surface area (Å²) < 4.78 is 10.6. The first kappa shape index (κ1) is 19.0. The number of aryl methyl sites for hydroxylation is 1. The van der Waals surface area contributed by atoms with Crippen LogP contribution in [0.4, 0.5) is 0 Å². The number of hydrogen-bond donors (Lipinski definition) is 3. The maximum Gasteiger partial charge on any atom is 0.337 e. The Morgan fingerprint density at radius 2 is 2.12 bits per heavy atom. The molecule has 0 radical (unpaired) electrons. The number of halogens is 1. The highest BCUT2D eigenvalue weighted by molar-refractivity contribution is 6.29. The van der Waals surface area contributed by atoms with E-state index in [0.717, 1.165) is 11.1 Å². The van der Waals surface area contributed by atoms with Crippen molar-refractivity contribution in [2.24, 2.45) is 17.2 Å². The van der Waals surface area contributed by atoms with E-state index in [0.29, 0.717) is 31.0 Å². The largest absolute Gasteiger partial charge is 0.465 e. The lowest BCUT2D eigenvalue weighted by atomic mass is 9.99. The second-order valence-corrected chi connectivity index (χ2v) is 6.17. The molecule has 1 heterocycles. The van der Waals surface area contributed by atoms with Gasteiger partial charge in [-0.05, 0) is 36.3 Å². The van der Waals surface area contributed by atoms with E-state index in [2.05, 4.69) is 0 Å². The Morgan fingerprint density at radius 1 is 1.40 bits per heavy atom. The minimum Gasteiger partial charge on any atom is -0.465 e. The molecule has 2 rings (SSSR count). The highest BCUT2D eigenvalue weighted by Gasteiger charge is 2.25. The molecule has 0 bridgehead atoms. The summed E-state index contributed by atoms with van der Waals surface area (Å²) in [6.07, 6.45) is 1.34. The second-order valence-electron chi connectivity index (χ2n) is 5.74. The lowest BCUT2D eigenvalue weighted by molar-refractivity contribution is -0.0175. The van der Waals surface area contributed by atoms with Crippen LogP contribution in [0.5, 0.6) is 0 Å². The fraction of sp³-hybridized carbons (Fsp3) is 0.353. The molecule has 1 atom stereocenters. The molecule has 8 heteroatoms. The topological polar surface area (TPSA) is 117 Å². The number of nitrogens with zero attached hydrogens (tertiary/aromatic N) is 1. The van der Waals surface area contributed by atoms with E-state index >= 15 is 0 Å². The summed E-state index contributed by atoms with van der Waals surface area (Å²) in [4.78, 5) is 13.6. The lowest BCUT2D eigenvalue weighted by Crippen LogP contribution is -2.39. The van der Waals surface area contributed by atoms with E-state index in [-0.39, 0.29) is 23.1 Å². The number of nitrogens with two attached hydrogens (primary N) is 3. The number of esters is 1. The van der Waals surface area contributed by atoms with Gasteiger partial charge in [-0.2, -0.15) is 0 Å². The number of carbonyl (C=O) groups is 1. The van der Waals surface area contributed by atoms with Gasteiger partial charge < -0.3 is 31.6 Å². The van der Waals surface area contributed by atoms with Crippen molar-refractivity contribution in [3.05, 3.63) is 57.6 Å². The number of allylic oxidation sites excluding steroid dienone is 1. The van der Waals surface area contributed by atoms with Crippen LogP contribution in [0.3, 0.4) is 0 Å². The number of carbonyl (C=O) groups excluding carboxylic acids is 1. The first-order valence-corrected chi connectivity index (χ1v) is 8.14. The van der Waals surface area contributed by atoms with Crippen molar-refractivity contribution < 1.29 is 14.3 Å². The van der Waals surface area contributed by atoms with Gasteiger partial charge in [0.2, 0.25) is 0 Å². The van der Waals surface area contributed by atoms with Crippen LogP contribution in [-0.4, -0.2) is 37.7 Å². The van der Waals surface area contributed by atoms with E-state index in [4.69, 9.17) is 38.3 Å². The van der Waals surface area contributed by atoms with Gasteiger partial charge in [0.1, 0.15) is 17.1 Å². The van der Waals surface area contributed by atoms with Gasteiger partial charge in [0, 0.05) is 13.1 Å². The average Bonchev–Trinajstić information content (AvgIpc) is 2.58. The van der Waals surface area contributed by atoms with Crippen molar-refractivity contribution in [1.82, 2.24) is 4.90 Å². The molecule has 1 unspecified atom stereocenters. The van der Waals surface area contributed by atoms with Crippen molar-refractivity contribution in [3.63, 3.8) is 0 Å². The molecule has 0 amide bonds. The van der Waals surface area contributed by atoms with Gasteiger partial charge in [-0.15, -0.1) is 0 Å². The van der Waals surface area contributed by atoms with Crippen molar-refractivity contribution >= 4 is 17.6 Å². The molecule has 1 aromatic carbocycles. The molecule has 1 saturated heterocycles. The smallest absolute Gasteiger partial charge is 0.337 e. The zero-order valence-electron chi connectivity index (χ0n) is 14.3. The van der Waals surface area contributed by atoms with Crippen LogP contribution in [0, 0.1) is 6.92 Å². The van der Waals surface area contributed by atoms with Gasteiger partial charge in [-0.25, -0.2) is 4.79 Å². The average molecular weight is 367 g/mol. The molecule has 6 N–H and O–H groups in total. The third-order valence-electron chi connectivity index (χ3n) is 4.02. The molecule has 25 heavy (non-hydrogen) atoms. The number of methoxy groups -OCH3 is 1. The summed E-state index contributed by atoms with van der Waals surface area (Å²) >= 11 is 5.77. The number of morpholine rings is 1. The highest BCUT2D eigenvalue weighted by atomic mass is 35.5. The molecule has 1 aliphatic rings. The fourth-order valence-electron chi connectivity index (χ4n) is 2.83. The van der Waals surface area contributed by atoms with Gasteiger partial charge in [0.05, 0.1) is 25.0 Å². The molecular weight excluding hydrogens is 344 g/mol. The Balaban J connectivity index is 2.25. The summed E-state index contributed by atoms with van der Waals surface area (Å²) in [5.74, 6) is -0.230. The van der Waals surface area contributed by atoms with Crippen LogP contribution in [0.1, 0.15) is 27.6 Å². The summed E-state index contributed by atoms with van der Waals surface area (Å²) in [7, 11) is 1.36. The molecule has 0 saturated carbocycles. The molecular formula is C17H23ClN4O3. The highest BCUT2D eigenvalue weighted by Crippen LogP contribution is 2.28. The molecule has 0 aliphatic carbocycles. The molecule has 1 fully saturated rings. The van der Waals surface area contributed by atoms with E-state index in [1.165, 1.54) is 13.2 Å². The SMILES string of the molecule is COC(=O)c1ccc(C2CN(C(/C=C(\N)Cl)=C(N)N)CCO2)c(C)c1. The zero-order chi connectivity index (χ0) is 18.6. The Bertz CT molecular complexity index is 710. The van der Waals surface area contributed by atoms with Crippen LogP contribution >= 0.6 is 11.6 Å². The quantitative estimate of drug-likeness (QED) is 0.417. The fourth-order valence-corrected chi connectivity index (χ4v) is 2.93. The maximum absolute atomic E-state index is 11.6. The molecule has 1 aromatic rings. The maximum atomic E-state index is 11.6. The van der Waals surface area contributed by atoms with Crippen LogP contribution in [-0.2, 0) is 9.47 Å². The number of benzene rings is 1. The van der Waals surface area contributed by atoms with Crippen molar-refractivity contribution in [3.8, 4) is 0 Å². The predicted molar refractivity (Wildman–Crippen MR) is 96.3 cm³/mol. The normalized spacial score (nSPS) is 18.0. The Morgan fingerprint density at radius 3 is 2.68 bits per heavy atom. The van der Waals surface area contributed by atoms with Gasteiger partial charge in [-0.1, -0.05) is 17.7 Å². The second kappa shape index (κ2) is 8.13. The van der Waals surface area contributed by atoms with E-state index in [9.17, 15) is 4.79 Å². The summed E-state index contributed by atoms with van der Waals surface area (Å²) in [5.41, 5.74) is 20.1. The molecule has 136 valence electrons. The first-order chi connectivity index (χ1) is 11.8. The minimum atomic E-state index is -0.371. The van der Waals surface area contributed by atoms with Gasteiger partial charge >= 0.3 is 5.97 Å². The van der Waals surface area contributed by atoms with Gasteiger partial charge in [0.25, 0.3) is 0 Å². The Hall–Kier alpha value is -2.38. The van der Waals surface area contributed by atoms with Crippen molar-refractivity contribution in [1.29, 1.82) is 0 Å². The van der Waals surface area contributed by atoms with Crippen molar-refractivity contribution in [2.45, 2.75) is 13.0 Å². The standard InChI is InChI=1S/C17H23ClN4O3/c1-10-7-11(17(23)24-2)3-4-12(10)14-9-22(5-6-25-14)13(16(20)21)8-15(18)19/h3-4,7-8,14H,5-6,9,19-21H2,1-2H3/b15-8-. The Kier molecular flexibility index (Phi) is 6.17. The monoisotopic (exact) mass is 366 g/mol. The number of ether oxygens (including phenoxy) is 2. The van der Waals surface area contributed by atoms with E-state index < -0.39 is 0 Å². The molecule has 0 aromatic heterocycles. The molecule has 0 spiro atoms. The number of rotatable bonds is 4. The van der Waals surface area contributed by atoms with E-state index in [1.807, 2.05) is 17.9 Å². The number of hydrogen-bond acceptors (Lipinski definition) is 7. The first-order valence-electron chi connectivity index (χ1n) is 7.76. The minimum absolute atomic E-state index is 0.102. The predicted octanol–water partition coefficient (Wildman–Crippen LogP) is 1.28. The molecule has 1 aliphatic heterocycles. The van der Waals surface area contributed by atoms with Crippen LogP contribution in [0.25, 0.3) is 0 Å². The van der Waals surface area contributed by atoms with Crippen molar-refractivity contribution in [2.75, 3.05) is 26.8 Å². The van der Waals surface area contributed by atoms with Crippen LogP contribution < -0.4 is 17.2 Å². The van der Waals surface area contributed by atoms with E-state index in [1.54, 1.807) is 12.1 Å². The summed E-state index contributed by atoms with van der Waals surface area (Å²) in [6, 6.07) is 5.38. The third-order valence-corrected chi connectivity index (χ3v) is 4.12. The van der Waals surface area contributed by atoms with Gasteiger partial charge in [0.15, 0.2) is 0 Å². The summed E-state index contributed by atoms with van der Waals surface area (Å²) in [5, 5.41) is 0.102. The zero-order valence-corrected chi connectivity index (χ0v) is 15.0. The third kappa shape index (κ3) is 4.58. The lowest BCUT2D eigenvalue weighted by Gasteiger charge is -2.36. The molecule has 7 nitrogen and oxygen atoms in total.